The molecule has 0 aromatic heterocycles. The molecule has 0 spiro atoms. The topological polar surface area (TPSA) is 58.2 Å². The van der Waals surface area contributed by atoms with Crippen molar-refractivity contribution in [1.29, 1.82) is 0 Å². The van der Waals surface area contributed by atoms with Crippen molar-refractivity contribution in [3.8, 4) is 0 Å². The molecule has 2 aromatic carbocycles. The minimum Gasteiger partial charge on any atom is -0.326 e. The molecule has 2 N–H and O–H groups in total. The number of hydrogen-bond donors (Lipinski definition) is 2. The molecule has 0 heterocycles. The highest BCUT2D eigenvalue weighted by molar-refractivity contribution is 6.08. The summed E-state index contributed by atoms with van der Waals surface area (Å²) in [6.45, 7) is 3.72. The molecule has 2 rings (SSSR count). The summed E-state index contributed by atoms with van der Waals surface area (Å²) in [7, 11) is 0. The van der Waals surface area contributed by atoms with Gasteiger partial charge in [-0.15, -0.1) is 0 Å². The van der Waals surface area contributed by atoms with Gasteiger partial charge in [0.25, 0.3) is 0 Å². The number of benzene rings is 2. The van der Waals surface area contributed by atoms with E-state index in [4.69, 9.17) is 0 Å². The van der Waals surface area contributed by atoms with Crippen LogP contribution in [-0.2, 0) is 9.59 Å². The van der Waals surface area contributed by atoms with Gasteiger partial charge in [0, 0.05) is 5.69 Å². The van der Waals surface area contributed by atoms with Crippen LogP contribution in [0.2, 0.25) is 0 Å². The van der Waals surface area contributed by atoms with Crippen LogP contribution in [0.4, 0.5) is 24.5 Å². The molecule has 0 aliphatic heterocycles. The predicted octanol–water partition coefficient (Wildman–Crippen LogP) is 3.69. The third kappa shape index (κ3) is 4.34. The molecular weight excluding hydrogens is 321 g/mol. The molecule has 0 saturated carbocycles. The summed E-state index contributed by atoms with van der Waals surface area (Å²) >= 11 is 0. The first-order valence-corrected chi connectivity index (χ1v) is 7.08. The molecule has 0 bridgehead atoms. The third-order valence-electron chi connectivity index (χ3n) is 3.14. The number of hydrogen-bond acceptors (Lipinski definition) is 2. The first kappa shape index (κ1) is 17.5. The molecule has 126 valence electrons. The molecule has 0 atom stereocenters. The second kappa shape index (κ2) is 7.16. The van der Waals surface area contributed by atoms with E-state index in [-0.39, 0.29) is 0 Å². The lowest BCUT2D eigenvalue weighted by atomic mass is 10.1. The highest BCUT2D eigenvalue weighted by atomic mass is 19.2. The van der Waals surface area contributed by atoms with E-state index >= 15 is 0 Å². The van der Waals surface area contributed by atoms with Gasteiger partial charge in [-0.25, -0.2) is 13.2 Å². The molecule has 0 saturated heterocycles. The summed E-state index contributed by atoms with van der Waals surface area (Å²) in [6.07, 6.45) is -0.592. The van der Waals surface area contributed by atoms with Crippen LogP contribution in [0.5, 0.6) is 0 Å². The summed E-state index contributed by atoms with van der Waals surface area (Å²) in [6, 6.07) is 6.96. The number of aryl methyl sites for hydroxylation is 2. The average Bonchev–Trinajstić information content (AvgIpc) is 2.46. The van der Waals surface area contributed by atoms with Crippen LogP contribution in [0.1, 0.15) is 17.5 Å². The van der Waals surface area contributed by atoms with Crippen molar-refractivity contribution in [1.82, 2.24) is 0 Å². The zero-order valence-electron chi connectivity index (χ0n) is 13.0. The summed E-state index contributed by atoms with van der Waals surface area (Å²) in [5, 5.41) is 4.58. The van der Waals surface area contributed by atoms with Gasteiger partial charge in [-0.05, 0) is 49.2 Å². The van der Waals surface area contributed by atoms with Crippen LogP contribution < -0.4 is 10.6 Å². The van der Waals surface area contributed by atoms with E-state index in [2.05, 4.69) is 5.32 Å². The molecular formula is C17H15F3N2O2. The minimum atomic E-state index is -1.69. The van der Waals surface area contributed by atoms with Gasteiger partial charge in [0.15, 0.2) is 17.5 Å². The van der Waals surface area contributed by atoms with Crippen molar-refractivity contribution in [2.75, 3.05) is 10.6 Å². The van der Waals surface area contributed by atoms with Gasteiger partial charge in [-0.3, -0.25) is 9.59 Å². The second-order valence-electron chi connectivity index (χ2n) is 5.37. The Hall–Kier alpha value is -2.83. The molecule has 4 nitrogen and oxygen atoms in total. The number of carbonyl (C=O) groups excluding carboxylic acids is 2. The van der Waals surface area contributed by atoms with Crippen molar-refractivity contribution >= 4 is 23.2 Å². The van der Waals surface area contributed by atoms with Gasteiger partial charge in [-0.2, -0.15) is 0 Å². The third-order valence-corrected chi connectivity index (χ3v) is 3.14. The van der Waals surface area contributed by atoms with Crippen molar-refractivity contribution in [3.05, 3.63) is 58.9 Å². The van der Waals surface area contributed by atoms with Gasteiger partial charge in [0.05, 0.1) is 5.69 Å². The van der Waals surface area contributed by atoms with Crippen LogP contribution in [-0.4, -0.2) is 11.8 Å². The monoisotopic (exact) mass is 336 g/mol. The van der Waals surface area contributed by atoms with Crippen molar-refractivity contribution in [3.63, 3.8) is 0 Å². The lowest BCUT2D eigenvalue weighted by molar-refractivity contribution is -0.123. The number of carbonyl (C=O) groups is 2. The van der Waals surface area contributed by atoms with E-state index in [9.17, 15) is 22.8 Å². The van der Waals surface area contributed by atoms with Crippen LogP contribution in [0.3, 0.4) is 0 Å². The van der Waals surface area contributed by atoms with Gasteiger partial charge < -0.3 is 10.6 Å². The molecule has 0 fully saturated rings. The largest absolute Gasteiger partial charge is 0.326 e. The zero-order valence-corrected chi connectivity index (χ0v) is 13.0. The number of rotatable bonds is 4. The Morgan fingerprint density at radius 1 is 0.875 bits per heavy atom. The Kier molecular flexibility index (Phi) is 5.23. The fraction of sp³-hybridized carbons (Fsp3) is 0.176. The predicted molar refractivity (Wildman–Crippen MR) is 84.1 cm³/mol. The van der Waals surface area contributed by atoms with Crippen molar-refractivity contribution in [2.45, 2.75) is 20.3 Å². The van der Waals surface area contributed by atoms with Crippen LogP contribution >= 0.6 is 0 Å². The number of halogens is 3. The van der Waals surface area contributed by atoms with Gasteiger partial charge in [-0.1, -0.05) is 6.07 Å². The standard InChI is InChI=1S/C17H15F3N2O2/c1-9-5-10(2)7-11(6-9)21-14(23)8-15(24)22-13-4-3-12(18)16(19)17(13)20/h3-7H,8H2,1-2H3,(H,21,23)(H,22,24). The number of amides is 2. The first-order valence-electron chi connectivity index (χ1n) is 7.08. The Morgan fingerprint density at radius 2 is 1.46 bits per heavy atom. The fourth-order valence-electron chi connectivity index (χ4n) is 2.21. The Bertz CT molecular complexity index is 786. The SMILES string of the molecule is Cc1cc(C)cc(NC(=O)CC(=O)Nc2ccc(F)c(F)c2F)c1. The number of nitrogens with one attached hydrogen (secondary N) is 2. The Labute approximate surface area is 136 Å². The summed E-state index contributed by atoms with van der Waals surface area (Å²) in [5.41, 5.74) is 1.89. The van der Waals surface area contributed by atoms with Crippen molar-refractivity contribution in [2.24, 2.45) is 0 Å². The minimum absolute atomic E-state index is 0.530. The lowest BCUT2D eigenvalue weighted by Gasteiger charge is -2.09. The Balaban J connectivity index is 1.99. The highest BCUT2D eigenvalue weighted by Gasteiger charge is 2.17. The molecule has 0 aliphatic rings. The van der Waals surface area contributed by atoms with Gasteiger partial charge in [0.2, 0.25) is 11.8 Å². The molecule has 0 radical (unpaired) electrons. The normalized spacial score (nSPS) is 10.4. The molecule has 2 aromatic rings. The molecule has 24 heavy (non-hydrogen) atoms. The maximum Gasteiger partial charge on any atom is 0.233 e. The smallest absolute Gasteiger partial charge is 0.233 e. The van der Waals surface area contributed by atoms with Gasteiger partial charge >= 0.3 is 0 Å². The lowest BCUT2D eigenvalue weighted by Crippen LogP contribution is -2.22. The molecule has 0 unspecified atom stereocenters. The quantitative estimate of drug-likeness (QED) is 0.661. The van der Waals surface area contributed by atoms with E-state index < -0.39 is 41.4 Å². The van der Waals surface area contributed by atoms with Crippen LogP contribution in [0.25, 0.3) is 0 Å². The summed E-state index contributed by atoms with van der Waals surface area (Å²) < 4.78 is 39.4. The van der Waals surface area contributed by atoms with Crippen LogP contribution in [0, 0.1) is 31.3 Å². The molecule has 7 heteroatoms. The maximum atomic E-state index is 13.5. The highest BCUT2D eigenvalue weighted by Crippen LogP contribution is 2.20. The van der Waals surface area contributed by atoms with Crippen LogP contribution in [0.15, 0.2) is 30.3 Å². The zero-order chi connectivity index (χ0) is 17.9. The van der Waals surface area contributed by atoms with E-state index in [0.29, 0.717) is 11.8 Å². The molecule has 2 amide bonds. The van der Waals surface area contributed by atoms with E-state index in [0.717, 1.165) is 17.2 Å². The second-order valence-corrected chi connectivity index (χ2v) is 5.37. The maximum absolute atomic E-state index is 13.5. The van der Waals surface area contributed by atoms with Crippen molar-refractivity contribution < 1.29 is 22.8 Å². The molecule has 0 aliphatic carbocycles. The number of anilines is 2. The van der Waals surface area contributed by atoms with E-state index in [1.165, 1.54) is 0 Å². The average molecular weight is 336 g/mol. The Morgan fingerprint density at radius 3 is 2.08 bits per heavy atom. The first-order chi connectivity index (χ1) is 11.3. The van der Waals surface area contributed by atoms with E-state index in [1.807, 2.05) is 25.2 Å². The van der Waals surface area contributed by atoms with E-state index in [1.54, 1.807) is 12.1 Å². The van der Waals surface area contributed by atoms with Gasteiger partial charge in [0.1, 0.15) is 6.42 Å². The fourth-order valence-corrected chi connectivity index (χ4v) is 2.21. The summed E-state index contributed by atoms with van der Waals surface area (Å²) in [4.78, 5) is 23.6. The summed E-state index contributed by atoms with van der Waals surface area (Å²) in [5.74, 6) is -6.02.